The maximum absolute atomic E-state index is 13.4. The molecule has 8 nitrogen and oxygen atoms in total. The molecule has 3 fully saturated rings. The quantitative estimate of drug-likeness (QED) is 0.694. The Morgan fingerprint density at radius 2 is 1.76 bits per heavy atom. The molecule has 4 aliphatic heterocycles. The molecule has 0 spiro atoms. The van der Waals surface area contributed by atoms with Crippen LogP contribution in [0.1, 0.15) is 38.2 Å². The van der Waals surface area contributed by atoms with Gasteiger partial charge < -0.3 is 19.4 Å². The van der Waals surface area contributed by atoms with Crippen LogP contribution in [-0.2, 0) is 22.5 Å². The van der Waals surface area contributed by atoms with Crippen LogP contribution in [0.15, 0.2) is 35.1 Å². The lowest BCUT2D eigenvalue weighted by molar-refractivity contribution is -0.119. The summed E-state index contributed by atoms with van der Waals surface area (Å²) >= 11 is 0. The van der Waals surface area contributed by atoms with Crippen LogP contribution in [0.4, 0.5) is 17.2 Å². The van der Waals surface area contributed by atoms with Gasteiger partial charge in [0.15, 0.2) is 0 Å². The number of aromatic nitrogens is 2. The molecule has 1 aromatic heterocycles. The van der Waals surface area contributed by atoms with Gasteiger partial charge in [-0.3, -0.25) is 9.59 Å². The van der Waals surface area contributed by atoms with Crippen LogP contribution in [0.25, 0.3) is 0 Å². The van der Waals surface area contributed by atoms with Gasteiger partial charge in [-0.15, -0.1) is 0 Å². The highest BCUT2D eigenvalue weighted by Crippen LogP contribution is 2.40. The van der Waals surface area contributed by atoms with Crippen LogP contribution in [0.2, 0.25) is 0 Å². The summed E-state index contributed by atoms with van der Waals surface area (Å²) in [4.78, 5) is 32.6. The zero-order valence-electron chi connectivity index (χ0n) is 19.9. The monoisotopic (exact) mass is 463 g/mol. The van der Waals surface area contributed by atoms with Crippen molar-refractivity contribution >= 4 is 23.1 Å². The van der Waals surface area contributed by atoms with Gasteiger partial charge in [-0.05, 0) is 56.2 Å². The minimum absolute atomic E-state index is 0.0343. The Morgan fingerprint density at radius 3 is 2.53 bits per heavy atom. The first kappa shape index (κ1) is 21.6. The molecule has 6 rings (SSSR count). The molecule has 0 N–H and O–H groups in total. The number of piperidine rings is 1. The number of hydrogen-bond donors (Lipinski definition) is 0. The molecular weight excluding hydrogens is 430 g/mol. The number of carbonyl (C=O) groups excluding carboxylic acids is 1. The molecule has 2 aromatic rings. The van der Waals surface area contributed by atoms with E-state index in [1.54, 1.807) is 6.07 Å². The number of morpholine rings is 1. The zero-order valence-corrected chi connectivity index (χ0v) is 19.9. The van der Waals surface area contributed by atoms with Crippen molar-refractivity contribution in [1.29, 1.82) is 0 Å². The van der Waals surface area contributed by atoms with Crippen molar-refractivity contribution in [1.82, 2.24) is 9.78 Å². The van der Waals surface area contributed by atoms with Gasteiger partial charge in [0, 0.05) is 54.7 Å². The van der Waals surface area contributed by atoms with E-state index in [9.17, 15) is 9.59 Å². The molecule has 3 atom stereocenters. The third-order valence-electron chi connectivity index (χ3n) is 8.03. The summed E-state index contributed by atoms with van der Waals surface area (Å²) in [6.45, 7) is 6.13. The smallest absolute Gasteiger partial charge is 0.267 e. The van der Waals surface area contributed by atoms with Crippen LogP contribution >= 0.6 is 0 Å². The number of nitrogens with zero attached hydrogens (tertiary/aromatic N) is 5. The largest absolute Gasteiger partial charge is 0.378 e. The van der Waals surface area contributed by atoms with E-state index < -0.39 is 0 Å². The molecule has 3 saturated heterocycles. The third-order valence-corrected chi connectivity index (χ3v) is 8.03. The van der Waals surface area contributed by atoms with E-state index in [2.05, 4.69) is 27.9 Å². The zero-order chi connectivity index (χ0) is 23.2. The van der Waals surface area contributed by atoms with E-state index in [1.165, 1.54) is 41.6 Å². The lowest BCUT2D eigenvalue weighted by Crippen LogP contribution is -2.44. The summed E-state index contributed by atoms with van der Waals surface area (Å²) in [5.41, 5.74) is 3.14. The van der Waals surface area contributed by atoms with Crippen molar-refractivity contribution in [3.8, 4) is 0 Å². The SMILES string of the molecule is CC1CC2CC[C@@H](C1)N2c1ccc(=O)n(CC(=O)N2CCc3c(N4CCOCC4)cccc32)n1. The predicted molar refractivity (Wildman–Crippen MR) is 132 cm³/mol. The highest BCUT2D eigenvalue weighted by atomic mass is 16.5. The lowest BCUT2D eigenvalue weighted by Gasteiger charge is -2.38. The first-order valence-electron chi connectivity index (χ1n) is 12.7. The molecule has 180 valence electrons. The molecule has 0 radical (unpaired) electrons. The fourth-order valence-corrected chi connectivity index (χ4v) is 6.50. The number of rotatable bonds is 4. The van der Waals surface area contributed by atoms with Crippen LogP contribution in [0.3, 0.4) is 0 Å². The van der Waals surface area contributed by atoms with Crippen molar-refractivity contribution in [2.24, 2.45) is 5.92 Å². The summed E-state index contributed by atoms with van der Waals surface area (Å²) in [5.74, 6) is 1.49. The highest BCUT2D eigenvalue weighted by molar-refractivity contribution is 5.96. The second kappa shape index (κ2) is 8.73. The number of fused-ring (bicyclic) bond motifs is 3. The molecule has 1 aromatic carbocycles. The van der Waals surface area contributed by atoms with Crippen LogP contribution in [0.5, 0.6) is 0 Å². The maximum atomic E-state index is 13.4. The Bertz CT molecular complexity index is 1130. The number of carbonyl (C=O) groups is 1. The first-order chi connectivity index (χ1) is 16.6. The molecule has 2 bridgehead atoms. The molecule has 34 heavy (non-hydrogen) atoms. The topological polar surface area (TPSA) is 70.9 Å². The number of ether oxygens (including phenoxy) is 1. The van der Waals surface area contributed by atoms with Gasteiger partial charge in [0.05, 0.1) is 13.2 Å². The normalized spacial score (nSPS) is 26.1. The van der Waals surface area contributed by atoms with E-state index in [0.29, 0.717) is 18.6 Å². The third kappa shape index (κ3) is 3.78. The van der Waals surface area contributed by atoms with Gasteiger partial charge in [0.2, 0.25) is 5.91 Å². The standard InChI is InChI=1S/C26H33N5O3/c1-18-15-19-5-6-20(16-18)31(19)24-7-8-25(32)30(27-24)17-26(33)29-10-9-21-22(3-2-4-23(21)29)28-11-13-34-14-12-28/h2-4,7-8,18-20H,5-6,9-17H2,1H3/t18?,19-,20?/m0/s1. The van der Waals surface area contributed by atoms with Crippen molar-refractivity contribution in [2.45, 2.75) is 57.7 Å². The van der Waals surface area contributed by atoms with E-state index >= 15 is 0 Å². The lowest BCUT2D eigenvalue weighted by atomic mass is 9.92. The van der Waals surface area contributed by atoms with E-state index in [0.717, 1.165) is 50.1 Å². The molecule has 1 amide bonds. The Balaban J connectivity index is 1.22. The molecule has 0 saturated carbocycles. The molecule has 2 unspecified atom stereocenters. The minimum Gasteiger partial charge on any atom is -0.378 e. The second-order valence-corrected chi connectivity index (χ2v) is 10.2. The van der Waals surface area contributed by atoms with Crippen molar-refractivity contribution < 1.29 is 9.53 Å². The molecular formula is C26H33N5O3. The van der Waals surface area contributed by atoms with E-state index in [1.807, 2.05) is 23.1 Å². The fourth-order valence-electron chi connectivity index (χ4n) is 6.50. The van der Waals surface area contributed by atoms with Crippen LogP contribution in [-0.4, -0.2) is 60.6 Å². The van der Waals surface area contributed by atoms with Gasteiger partial charge >= 0.3 is 0 Å². The van der Waals surface area contributed by atoms with Crippen molar-refractivity contribution in [3.05, 3.63) is 46.2 Å². The Labute approximate surface area is 200 Å². The number of amides is 1. The number of hydrogen-bond acceptors (Lipinski definition) is 6. The summed E-state index contributed by atoms with van der Waals surface area (Å²) in [5, 5.41) is 4.68. The second-order valence-electron chi connectivity index (χ2n) is 10.2. The number of anilines is 3. The minimum atomic E-state index is -0.226. The number of benzene rings is 1. The predicted octanol–water partition coefficient (Wildman–Crippen LogP) is 2.44. The summed E-state index contributed by atoms with van der Waals surface area (Å²) < 4.78 is 6.86. The summed E-state index contributed by atoms with van der Waals surface area (Å²) in [7, 11) is 0. The first-order valence-corrected chi connectivity index (χ1v) is 12.7. The average molecular weight is 464 g/mol. The fraction of sp³-hybridized carbons (Fsp3) is 0.577. The van der Waals surface area contributed by atoms with Gasteiger partial charge in [-0.1, -0.05) is 13.0 Å². The van der Waals surface area contributed by atoms with Crippen LogP contribution in [0, 0.1) is 5.92 Å². The van der Waals surface area contributed by atoms with Crippen molar-refractivity contribution in [3.63, 3.8) is 0 Å². The van der Waals surface area contributed by atoms with E-state index in [4.69, 9.17) is 4.74 Å². The van der Waals surface area contributed by atoms with Gasteiger partial charge in [-0.2, -0.15) is 5.10 Å². The van der Waals surface area contributed by atoms with Crippen molar-refractivity contribution in [2.75, 3.05) is 47.5 Å². The molecule has 8 heteroatoms. The van der Waals surface area contributed by atoms with Gasteiger partial charge in [0.25, 0.3) is 5.56 Å². The van der Waals surface area contributed by atoms with E-state index in [-0.39, 0.29) is 18.0 Å². The molecule has 0 aliphatic carbocycles. The maximum Gasteiger partial charge on any atom is 0.267 e. The van der Waals surface area contributed by atoms with Crippen LogP contribution < -0.4 is 20.3 Å². The summed E-state index contributed by atoms with van der Waals surface area (Å²) in [6, 6.07) is 10.6. The summed E-state index contributed by atoms with van der Waals surface area (Å²) in [6.07, 6.45) is 5.54. The van der Waals surface area contributed by atoms with Gasteiger partial charge in [-0.25, -0.2) is 4.68 Å². The Hall–Kier alpha value is -2.87. The molecule has 4 aliphatic rings. The van der Waals surface area contributed by atoms with Gasteiger partial charge in [0.1, 0.15) is 12.4 Å². The highest BCUT2D eigenvalue weighted by Gasteiger charge is 2.40. The molecule has 5 heterocycles. The Kier molecular flexibility index (Phi) is 5.56. The average Bonchev–Trinajstić information content (AvgIpc) is 3.40. The Morgan fingerprint density at radius 1 is 1.03 bits per heavy atom.